The fourth-order valence-corrected chi connectivity index (χ4v) is 0.898. The van der Waals surface area contributed by atoms with Crippen molar-refractivity contribution in [1.82, 2.24) is 5.32 Å². The minimum Gasteiger partial charge on any atom is -0.390 e. The van der Waals surface area contributed by atoms with Crippen molar-refractivity contribution < 1.29 is 0 Å². The standard InChI is InChI=1S/C10H15N/c1-9(2)7-11-8-10-5-3-4-6-10/h3-6,8-9,11H,7H2,1-2H3. The Balaban J connectivity index is 2.25. The summed E-state index contributed by atoms with van der Waals surface area (Å²) in [7, 11) is 0. The summed E-state index contributed by atoms with van der Waals surface area (Å²) in [6.45, 7) is 5.45. The van der Waals surface area contributed by atoms with Crippen LogP contribution >= 0.6 is 0 Å². The number of hydrogen-bond donors (Lipinski definition) is 1. The Hall–Kier alpha value is -0.980. The van der Waals surface area contributed by atoms with Crippen LogP contribution in [-0.2, 0) is 0 Å². The molecule has 0 heterocycles. The molecule has 1 aliphatic carbocycles. The van der Waals surface area contributed by atoms with Gasteiger partial charge in [0.25, 0.3) is 0 Å². The highest BCUT2D eigenvalue weighted by molar-refractivity contribution is 5.39. The van der Waals surface area contributed by atoms with Crippen LogP contribution in [0.1, 0.15) is 13.8 Å². The van der Waals surface area contributed by atoms with E-state index in [2.05, 4.69) is 37.5 Å². The number of nitrogens with one attached hydrogen (secondary N) is 1. The lowest BCUT2D eigenvalue weighted by atomic mass is 10.2. The average molecular weight is 149 g/mol. The maximum Gasteiger partial charge on any atom is 0.0164 e. The predicted octanol–water partition coefficient (Wildman–Crippen LogP) is 2.24. The SMILES string of the molecule is CC(C)CNC=C1C=CC=C1. The third-order valence-electron chi connectivity index (χ3n) is 1.48. The summed E-state index contributed by atoms with van der Waals surface area (Å²) in [6, 6.07) is 0. The third kappa shape index (κ3) is 3.08. The van der Waals surface area contributed by atoms with Crippen LogP contribution in [-0.4, -0.2) is 6.54 Å². The minimum atomic E-state index is 0.709. The number of rotatable bonds is 3. The normalized spacial score (nSPS) is 14.6. The Kier molecular flexibility index (Phi) is 2.96. The zero-order valence-corrected chi connectivity index (χ0v) is 7.17. The third-order valence-corrected chi connectivity index (χ3v) is 1.48. The first-order valence-electron chi connectivity index (χ1n) is 4.07. The topological polar surface area (TPSA) is 12.0 Å². The molecular weight excluding hydrogens is 134 g/mol. The zero-order chi connectivity index (χ0) is 8.10. The van der Waals surface area contributed by atoms with Crippen LogP contribution in [0.25, 0.3) is 0 Å². The van der Waals surface area contributed by atoms with Crippen LogP contribution in [0.4, 0.5) is 0 Å². The van der Waals surface area contributed by atoms with Gasteiger partial charge >= 0.3 is 0 Å². The van der Waals surface area contributed by atoms with Crippen LogP contribution in [0.5, 0.6) is 0 Å². The van der Waals surface area contributed by atoms with E-state index >= 15 is 0 Å². The van der Waals surface area contributed by atoms with Crippen LogP contribution in [0.15, 0.2) is 36.1 Å². The van der Waals surface area contributed by atoms with Crippen molar-refractivity contribution >= 4 is 0 Å². The van der Waals surface area contributed by atoms with Crippen molar-refractivity contribution in [3.8, 4) is 0 Å². The van der Waals surface area contributed by atoms with Crippen molar-refractivity contribution in [2.45, 2.75) is 13.8 Å². The molecule has 1 aliphatic rings. The molecule has 0 amide bonds. The van der Waals surface area contributed by atoms with Crippen molar-refractivity contribution in [2.75, 3.05) is 6.54 Å². The summed E-state index contributed by atoms with van der Waals surface area (Å²) in [6.07, 6.45) is 10.3. The van der Waals surface area contributed by atoms with Gasteiger partial charge in [-0.1, -0.05) is 38.2 Å². The average Bonchev–Trinajstić information content (AvgIpc) is 2.39. The van der Waals surface area contributed by atoms with Gasteiger partial charge in [0, 0.05) is 12.7 Å². The van der Waals surface area contributed by atoms with Crippen LogP contribution < -0.4 is 5.32 Å². The first kappa shape index (κ1) is 8.12. The molecule has 1 N–H and O–H groups in total. The highest BCUT2D eigenvalue weighted by Gasteiger charge is 1.91. The molecule has 0 aromatic heterocycles. The van der Waals surface area contributed by atoms with Gasteiger partial charge in [0.2, 0.25) is 0 Å². The molecule has 0 saturated heterocycles. The van der Waals surface area contributed by atoms with Crippen molar-refractivity contribution in [1.29, 1.82) is 0 Å². The van der Waals surface area contributed by atoms with Gasteiger partial charge < -0.3 is 5.32 Å². The molecule has 0 saturated carbocycles. The molecule has 0 atom stereocenters. The Morgan fingerprint density at radius 3 is 2.55 bits per heavy atom. The first-order valence-corrected chi connectivity index (χ1v) is 4.07. The number of hydrogen-bond acceptors (Lipinski definition) is 1. The van der Waals surface area contributed by atoms with E-state index in [1.165, 1.54) is 5.57 Å². The fourth-order valence-electron chi connectivity index (χ4n) is 0.898. The van der Waals surface area contributed by atoms with Gasteiger partial charge in [0.1, 0.15) is 0 Å². The maximum atomic E-state index is 3.26. The Labute approximate surface area is 68.5 Å². The highest BCUT2D eigenvalue weighted by atomic mass is 14.8. The van der Waals surface area contributed by atoms with Crippen LogP contribution in [0.3, 0.4) is 0 Å². The van der Waals surface area contributed by atoms with Gasteiger partial charge in [-0.3, -0.25) is 0 Å². The molecule has 0 spiro atoms. The Bertz CT molecular complexity index is 183. The van der Waals surface area contributed by atoms with Crippen molar-refractivity contribution in [3.63, 3.8) is 0 Å². The second-order valence-electron chi connectivity index (χ2n) is 3.16. The summed E-state index contributed by atoms with van der Waals surface area (Å²) in [5, 5.41) is 3.26. The molecule has 0 bridgehead atoms. The molecule has 0 aromatic carbocycles. The molecule has 11 heavy (non-hydrogen) atoms. The molecule has 1 nitrogen and oxygen atoms in total. The Morgan fingerprint density at radius 2 is 2.00 bits per heavy atom. The van der Waals surface area contributed by atoms with Gasteiger partial charge in [-0.2, -0.15) is 0 Å². The molecule has 0 radical (unpaired) electrons. The van der Waals surface area contributed by atoms with Gasteiger partial charge in [-0.25, -0.2) is 0 Å². The zero-order valence-electron chi connectivity index (χ0n) is 7.17. The second-order valence-corrected chi connectivity index (χ2v) is 3.16. The van der Waals surface area contributed by atoms with Crippen LogP contribution in [0.2, 0.25) is 0 Å². The minimum absolute atomic E-state index is 0.709. The lowest BCUT2D eigenvalue weighted by molar-refractivity contribution is 0.610. The van der Waals surface area contributed by atoms with Crippen molar-refractivity contribution in [3.05, 3.63) is 36.1 Å². The van der Waals surface area contributed by atoms with Crippen LogP contribution in [0, 0.1) is 5.92 Å². The summed E-state index contributed by atoms with van der Waals surface area (Å²) in [5.74, 6) is 0.709. The largest absolute Gasteiger partial charge is 0.390 e. The van der Waals surface area contributed by atoms with E-state index in [1.54, 1.807) is 0 Å². The van der Waals surface area contributed by atoms with E-state index in [-0.39, 0.29) is 0 Å². The summed E-state index contributed by atoms with van der Waals surface area (Å²) < 4.78 is 0. The Morgan fingerprint density at radius 1 is 1.36 bits per heavy atom. The van der Waals surface area contributed by atoms with Gasteiger partial charge in [-0.05, 0) is 11.5 Å². The fraction of sp³-hybridized carbons (Fsp3) is 0.400. The molecule has 0 fully saturated rings. The molecule has 0 aliphatic heterocycles. The highest BCUT2D eigenvalue weighted by Crippen LogP contribution is 2.04. The summed E-state index contributed by atoms with van der Waals surface area (Å²) in [4.78, 5) is 0. The lowest BCUT2D eigenvalue weighted by Crippen LogP contribution is -2.13. The quantitative estimate of drug-likeness (QED) is 0.649. The van der Waals surface area contributed by atoms with E-state index in [4.69, 9.17) is 0 Å². The molecule has 0 aromatic rings. The van der Waals surface area contributed by atoms with Gasteiger partial charge in [-0.15, -0.1) is 0 Å². The number of allylic oxidation sites excluding steroid dienone is 5. The molecule has 0 unspecified atom stereocenters. The summed E-state index contributed by atoms with van der Waals surface area (Å²) >= 11 is 0. The monoisotopic (exact) mass is 149 g/mol. The van der Waals surface area contributed by atoms with Gasteiger partial charge in [0.05, 0.1) is 0 Å². The first-order chi connectivity index (χ1) is 5.29. The molecular formula is C10H15N. The summed E-state index contributed by atoms with van der Waals surface area (Å²) in [5.41, 5.74) is 1.26. The van der Waals surface area contributed by atoms with E-state index in [9.17, 15) is 0 Å². The van der Waals surface area contributed by atoms with E-state index in [0.29, 0.717) is 5.92 Å². The second kappa shape index (κ2) is 4.02. The molecule has 1 rings (SSSR count). The van der Waals surface area contributed by atoms with E-state index in [1.807, 2.05) is 12.2 Å². The van der Waals surface area contributed by atoms with E-state index < -0.39 is 0 Å². The predicted molar refractivity (Wildman–Crippen MR) is 49.2 cm³/mol. The van der Waals surface area contributed by atoms with Gasteiger partial charge in [0.15, 0.2) is 0 Å². The lowest BCUT2D eigenvalue weighted by Gasteiger charge is -2.03. The van der Waals surface area contributed by atoms with Crippen molar-refractivity contribution in [2.24, 2.45) is 5.92 Å². The smallest absolute Gasteiger partial charge is 0.0164 e. The maximum absolute atomic E-state index is 3.26. The molecule has 1 heteroatoms. The van der Waals surface area contributed by atoms with E-state index in [0.717, 1.165) is 6.54 Å². The molecule has 60 valence electrons.